The van der Waals surface area contributed by atoms with Crippen LogP contribution in [0.5, 0.6) is 5.75 Å². The Kier molecular flexibility index (Phi) is 5.07. The van der Waals surface area contributed by atoms with Crippen LogP contribution in [-0.4, -0.2) is 38.9 Å². The van der Waals surface area contributed by atoms with Crippen LogP contribution in [0.1, 0.15) is 41.9 Å². The minimum atomic E-state index is -1.18. The van der Waals surface area contributed by atoms with Gasteiger partial charge in [-0.3, -0.25) is 4.79 Å². The number of carbonyl (C=O) groups is 2. The van der Waals surface area contributed by atoms with Gasteiger partial charge in [0, 0.05) is 17.6 Å². The van der Waals surface area contributed by atoms with Crippen LogP contribution in [0.4, 0.5) is 0 Å². The van der Waals surface area contributed by atoms with Gasteiger partial charge in [-0.25, -0.2) is 14.5 Å². The van der Waals surface area contributed by atoms with Crippen molar-refractivity contribution in [3.63, 3.8) is 0 Å². The zero-order valence-electron chi connectivity index (χ0n) is 15.2. The van der Waals surface area contributed by atoms with E-state index in [1.165, 1.54) is 13.3 Å². The first kappa shape index (κ1) is 18.4. The Morgan fingerprint density at radius 3 is 2.48 bits per heavy atom. The standard InChI is InChI=1S/C19H20N4O4/c1-11(2)23-17-13(10-21-23)8-14(9-20-17)18(24)22-16(19(25)26)12-4-6-15(27-3)7-5-12/h4-11,16H,1-3H3,(H,22,24)(H,25,26). The topological polar surface area (TPSA) is 106 Å². The van der Waals surface area contributed by atoms with Crippen molar-refractivity contribution in [2.75, 3.05) is 7.11 Å². The van der Waals surface area contributed by atoms with Gasteiger partial charge in [-0.05, 0) is 37.6 Å². The van der Waals surface area contributed by atoms with Crippen molar-refractivity contribution < 1.29 is 19.4 Å². The Morgan fingerprint density at radius 2 is 1.89 bits per heavy atom. The molecule has 0 aliphatic carbocycles. The highest BCUT2D eigenvalue weighted by molar-refractivity contribution is 5.98. The van der Waals surface area contributed by atoms with Crippen LogP contribution in [0.25, 0.3) is 11.0 Å². The molecule has 2 aromatic heterocycles. The van der Waals surface area contributed by atoms with Gasteiger partial charge in [0.15, 0.2) is 11.7 Å². The summed E-state index contributed by atoms with van der Waals surface area (Å²) in [5, 5.41) is 17.0. The summed E-state index contributed by atoms with van der Waals surface area (Å²) in [7, 11) is 1.52. The molecule has 3 aromatic rings. The number of hydrogen-bond donors (Lipinski definition) is 2. The number of fused-ring (bicyclic) bond motifs is 1. The molecule has 0 saturated heterocycles. The quantitative estimate of drug-likeness (QED) is 0.693. The minimum absolute atomic E-state index is 0.140. The summed E-state index contributed by atoms with van der Waals surface area (Å²) >= 11 is 0. The highest BCUT2D eigenvalue weighted by Crippen LogP contribution is 2.20. The van der Waals surface area contributed by atoms with Crippen LogP contribution in [0, 0.1) is 0 Å². The largest absolute Gasteiger partial charge is 0.497 e. The molecule has 1 amide bonds. The van der Waals surface area contributed by atoms with Crippen LogP contribution < -0.4 is 10.1 Å². The van der Waals surface area contributed by atoms with E-state index in [1.807, 2.05) is 13.8 Å². The van der Waals surface area contributed by atoms with Gasteiger partial charge >= 0.3 is 5.97 Å². The number of carboxylic acid groups (broad SMARTS) is 1. The molecule has 0 fully saturated rings. The molecule has 1 atom stereocenters. The Hall–Kier alpha value is -3.42. The van der Waals surface area contributed by atoms with Gasteiger partial charge < -0.3 is 15.2 Å². The first-order valence-corrected chi connectivity index (χ1v) is 8.41. The van der Waals surface area contributed by atoms with Crippen LogP contribution >= 0.6 is 0 Å². The van der Waals surface area contributed by atoms with E-state index in [0.717, 1.165) is 0 Å². The van der Waals surface area contributed by atoms with Crippen molar-refractivity contribution >= 4 is 22.9 Å². The molecule has 8 nitrogen and oxygen atoms in total. The SMILES string of the molecule is COc1ccc(C(NC(=O)c2cnc3c(cnn3C(C)C)c2)C(=O)O)cc1. The predicted molar refractivity (Wildman–Crippen MR) is 98.8 cm³/mol. The van der Waals surface area contributed by atoms with Crippen molar-refractivity contribution in [3.8, 4) is 5.75 Å². The molecule has 1 aromatic carbocycles. The molecular weight excluding hydrogens is 348 g/mol. The van der Waals surface area contributed by atoms with E-state index in [9.17, 15) is 14.7 Å². The van der Waals surface area contributed by atoms with Gasteiger partial charge in [0.1, 0.15) is 5.75 Å². The first-order chi connectivity index (χ1) is 12.9. The smallest absolute Gasteiger partial charge is 0.330 e. The fraction of sp³-hybridized carbons (Fsp3) is 0.263. The number of pyridine rings is 1. The van der Waals surface area contributed by atoms with Gasteiger partial charge in [-0.15, -0.1) is 0 Å². The number of carbonyl (C=O) groups excluding carboxylic acids is 1. The molecule has 0 aliphatic heterocycles. The van der Waals surface area contributed by atoms with Crippen LogP contribution in [0.15, 0.2) is 42.7 Å². The molecule has 27 heavy (non-hydrogen) atoms. The highest BCUT2D eigenvalue weighted by atomic mass is 16.5. The molecule has 0 bridgehead atoms. The lowest BCUT2D eigenvalue weighted by atomic mass is 10.1. The van der Waals surface area contributed by atoms with E-state index in [2.05, 4.69) is 15.4 Å². The average Bonchev–Trinajstić information content (AvgIpc) is 3.09. The summed E-state index contributed by atoms with van der Waals surface area (Å²) in [5.74, 6) is -1.08. The Morgan fingerprint density at radius 1 is 1.19 bits per heavy atom. The fourth-order valence-corrected chi connectivity index (χ4v) is 2.74. The Labute approximate surface area is 155 Å². The zero-order valence-corrected chi connectivity index (χ0v) is 15.2. The number of amides is 1. The van der Waals surface area contributed by atoms with E-state index in [4.69, 9.17) is 4.74 Å². The van der Waals surface area contributed by atoms with E-state index in [-0.39, 0.29) is 11.6 Å². The van der Waals surface area contributed by atoms with Crippen molar-refractivity contribution in [1.29, 1.82) is 0 Å². The second-order valence-corrected chi connectivity index (χ2v) is 6.34. The average molecular weight is 368 g/mol. The van der Waals surface area contributed by atoms with Gasteiger partial charge in [0.05, 0.1) is 18.9 Å². The maximum absolute atomic E-state index is 12.6. The van der Waals surface area contributed by atoms with Crippen molar-refractivity contribution in [1.82, 2.24) is 20.1 Å². The molecule has 0 spiro atoms. The first-order valence-electron chi connectivity index (χ1n) is 8.41. The summed E-state index contributed by atoms with van der Waals surface area (Å²) in [6.07, 6.45) is 3.06. The number of methoxy groups -OCH3 is 1. The number of nitrogens with one attached hydrogen (secondary N) is 1. The lowest BCUT2D eigenvalue weighted by molar-refractivity contribution is -0.139. The molecule has 0 aliphatic rings. The summed E-state index contributed by atoms with van der Waals surface area (Å²) < 4.78 is 6.83. The van der Waals surface area contributed by atoms with Gasteiger partial charge in [-0.2, -0.15) is 5.10 Å². The number of ether oxygens (including phenoxy) is 1. The Balaban J connectivity index is 1.85. The number of hydrogen-bond acceptors (Lipinski definition) is 5. The van der Waals surface area contributed by atoms with Gasteiger partial charge in [0.25, 0.3) is 5.91 Å². The van der Waals surface area contributed by atoms with Crippen molar-refractivity contribution in [2.45, 2.75) is 25.9 Å². The van der Waals surface area contributed by atoms with Crippen LogP contribution in [-0.2, 0) is 4.79 Å². The molecule has 2 heterocycles. The third-order valence-corrected chi connectivity index (χ3v) is 4.16. The van der Waals surface area contributed by atoms with Crippen molar-refractivity contribution in [2.24, 2.45) is 0 Å². The van der Waals surface area contributed by atoms with Crippen molar-refractivity contribution in [3.05, 3.63) is 53.9 Å². The van der Waals surface area contributed by atoms with E-state index in [1.54, 1.807) is 41.2 Å². The summed E-state index contributed by atoms with van der Waals surface area (Å²) in [5.41, 5.74) is 1.38. The predicted octanol–water partition coefficient (Wildman–Crippen LogP) is 2.58. The number of benzene rings is 1. The third-order valence-electron chi connectivity index (χ3n) is 4.16. The second kappa shape index (κ2) is 7.45. The molecule has 1 unspecified atom stereocenters. The van der Waals surface area contributed by atoms with E-state index < -0.39 is 17.9 Å². The van der Waals surface area contributed by atoms with Gasteiger partial charge in [-0.1, -0.05) is 12.1 Å². The third kappa shape index (κ3) is 3.74. The number of aromatic nitrogens is 3. The molecule has 0 radical (unpaired) electrons. The second-order valence-electron chi connectivity index (χ2n) is 6.34. The number of nitrogens with zero attached hydrogens (tertiary/aromatic N) is 3. The van der Waals surface area contributed by atoms with Crippen LogP contribution in [0.2, 0.25) is 0 Å². The minimum Gasteiger partial charge on any atom is -0.497 e. The molecular formula is C19H20N4O4. The normalized spacial score (nSPS) is 12.1. The molecule has 8 heteroatoms. The molecule has 3 rings (SSSR count). The zero-order chi connectivity index (χ0) is 19.6. The molecule has 0 saturated carbocycles. The summed E-state index contributed by atoms with van der Waals surface area (Å²) in [4.78, 5) is 28.5. The fourth-order valence-electron chi connectivity index (χ4n) is 2.74. The summed E-state index contributed by atoms with van der Waals surface area (Å²) in [6, 6.07) is 7.10. The number of carboxylic acids is 1. The number of aliphatic carboxylic acids is 1. The monoisotopic (exact) mass is 368 g/mol. The maximum atomic E-state index is 12.6. The molecule has 140 valence electrons. The Bertz CT molecular complexity index is 979. The molecule has 2 N–H and O–H groups in total. The highest BCUT2D eigenvalue weighted by Gasteiger charge is 2.23. The number of rotatable bonds is 6. The maximum Gasteiger partial charge on any atom is 0.330 e. The van der Waals surface area contributed by atoms with Crippen LogP contribution in [0.3, 0.4) is 0 Å². The lowest BCUT2D eigenvalue weighted by Crippen LogP contribution is -2.33. The van der Waals surface area contributed by atoms with E-state index >= 15 is 0 Å². The summed E-state index contributed by atoms with van der Waals surface area (Å²) in [6.45, 7) is 3.97. The van der Waals surface area contributed by atoms with E-state index in [0.29, 0.717) is 22.3 Å². The lowest BCUT2D eigenvalue weighted by Gasteiger charge is -2.15. The van der Waals surface area contributed by atoms with Gasteiger partial charge in [0.2, 0.25) is 0 Å².